The van der Waals surface area contributed by atoms with Gasteiger partial charge in [0.25, 0.3) is 10.0 Å². The third-order valence-corrected chi connectivity index (χ3v) is 6.50. The molecule has 174 valence electrons. The van der Waals surface area contributed by atoms with E-state index >= 15 is 0 Å². The van der Waals surface area contributed by atoms with E-state index in [4.69, 9.17) is 14.2 Å². The smallest absolute Gasteiger partial charge is 0.264 e. The molecule has 33 heavy (non-hydrogen) atoms. The maximum absolute atomic E-state index is 13.5. The van der Waals surface area contributed by atoms with Crippen LogP contribution in [0.3, 0.4) is 0 Å². The molecule has 1 N–H and O–H groups in total. The number of carbonyl (C=O) groups is 1. The molecule has 0 aliphatic carbocycles. The Kier molecular flexibility index (Phi) is 7.78. The lowest BCUT2D eigenvalue weighted by molar-refractivity contribution is -0.114. The summed E-state index contributed by atoms with van der Waals surface area (Å²) < 4.78 is 44.0. The fraction of sp³-hybridized carbons (Fsp3) is 0.208. The number of nitrogens with one attached hydrogen (secondary N) is 1. The highest BCUT2D eigenvalue weighted by Crippen LogP contribution is 2.35. The van der Waals surface area contributed by atoms with Crippen LogP contribution in [0, 0.1) is 0 Å². The number of methoxy groups -OCH3 is 2. The Hall–Kier alpha value is -3.72. The van der Waals surface area contributed by atoms with Crippen LogP contribution in [0.5, 0.6) is 17.2 Å². The molecule has 1 amide bonds. The van der Waals surface area contributed by atoms with E-state index in [1.165, 1.54) is 26.4 Å². The van der Waals surface area contributed by atoms with Crippen molar-refractivity contribution < 1.29 is 27.4 Å². The van der Waals surface area contributed by atoms with Crippen LogP contribution in [0.4, 0.5) is 11.4 Å². The number of hydrogen-bond donors (Lipinski definition) is 1. The Morgan fingerprint density at radius 3 is 2.18 bits per heavy atom. The molecule has 0 aliphatic rings. The number of ether oxygens (including phenoxy) is 3. The SMILES string of the molecule is CCOc1ccc(NC(=O)CN(c2ccc(OC)cc2OC)S(=O)(=O)c2ccccc2)cc1. The van der Waals surface area contributed by atoms with Crippen molar-refractivity contribution in [2.24, 2.45) is 0 Å². The first-order chi connectivity index (χ1) is 15.9. The molecule has 0 bridgehead atoms. The Labute approximate surface area is 193 Å². The number of hydrogen-bond acceptors (Lipinski definition) is 6. The Balaban J connectivity index is 1.95. The normalized spacial score (nSPS) is 10.9. The number of anilines is 2. The maximum atomic E-state index is 13.5. The first-order valence-electron chi connectivity index (χ1n) is 10.2. The second-order valence-corrected chi connectivity index (χ2v) is 8.73. The lowest BCUT2D eigenvalue weighted by Crippen LogP contribution is -2.38. The van der Waals surface area contributed by atoms with Crippen molar-refractivity contribution in [2.75, 3.05) is 37.0 Å². The van der Waals surface area contributed by atoms with Crippen LogP contribution in [0.15, 0.2) is 77.7 Å². The number of carbonyl (C=O) groups excluding carboxylic acids is 1. The molecule has 3 aromatic rings. The monoisotopic (exact) mass is 470 g/mol. The molecule has 0 aromatic heterocycles. The zero-order chi connectivity index (χ0) is 23.8. The molecule has 0 heterocycles. The van der Waals surface area contributed by atoms with E-state index < -0.39 is 22.5 Å². The van der Waals surface area contributed by atoms with E-state index in [2.05, 4.69) is 5.32 Å². The number of amides is 1. The molecule has 0 saturated carbocycles. The van der Waals surface area contributed by atoms with Crippen LogP contribution in [-0.2, 0) is 14.8 Å². The zero-order valence-electron chi connectivity index (χ0n) is 18.6. The van der Waals surface area contributed by atoms with Gasteiger partial charge in [0.15, 0.2) is 0 Å². The Morgan fingerprint density at radius 2 is 1.58 bits per heavy atom. The highest BCUT2D eigenvalue weighted by molar-refractivity contribution is 7.92. The average molecular weight is 471 g/mol. The molecule has 0 saturated heterocycles. The second kappa shape index (κ2) is 10.7. The van der Waals surface area contributed by atoms with Crippen LogP contribution >= 0.6 is 0 Å². The van der Waals surface area contributed by atoms with Crippen LogP contribution in [0.2, 0.25) is 0 Å². The van der Waals surface area contributed by atoms with Crippen molar-refractivity contribution >= 4 is 27.3 Å². The number of sulfonamides is 1. The minimum Gasteiger partial charge on any atom is -0.497 e. The van der Waals surface area contributed by atoms with Crippen molar-refractivity contribution in [2.45, 2.75) is 11.8 Å². The predicted molar refractivity (Wildman–Crippen MR) is 127 cm³/mol. The molecule has 0 spiro atoms. The summed E-state index contributed by atoms with van der Waals surface area (Å²) in [6.07, 6.45) is 0. The van der Waals surface area contributed by atoms with Crippen LogP contribution < -0.4 is 23.8 Å². The molecular formula is C24H26N2O6S. The van der Waals surface area contributed by atoms with Gasteiger partial charge in [0.05, 0.1) is 31.4 Å². The molecule has 0 radical (unpaired) electrons. The predicted octanol–water partition coefficient (Wildman–Crippen LogP) is 3.94. The minimum absolute atomic E-state index is 0.0525. The molecule has 0 unspecified atom stereocenters. The summed E-state index contributed by atoms with van der Waals surface area (Å²) in [5.74, 6) is 0.900. The highest BCUT2D eigenvalue weighted by atomic mass is 32.2. The first kappa shape index (κ1) is 23.9. The summed E-state index contributed by atoms with van der Waals surface area (Å²) in [6.45, 7) is 1.94. The van der Waals surface area contributed by atoms with Gasteiger partial charge in [-0.15, -0.1) is 0 Å². The van der Waals surface area contributed by atoms with Crippen molar-refractivity contribution in [3.05, 3.63) is 72.8 Å². The minimum atomic E-state index is -4.08. The van der Waals surface area contributed by atoms with Gasteiger partial charge in [-0.3, -0.25) is 9.10 Å². The van der Waals surface area contributed by atoms with Gasteiger partial charge in [-0.05, 0) is 55.5 Å². The van der Waals surface area contributed by atoms with Gasteiger partial charge in [0.1, 0.15) is 23.8 Å². The van der Waals surface area contributed by atoms with Gasteiger partial charge in [-0.1, -0.05) is 18.2 Å². The van der Waals surface area contributed by atoms with Gasteiger partial charge in [0.2, 0.25) is 5.91 Å². The topological polar surface area (TPSA) is 94.2 Å². The van der Waals surface area contributed by atoms with Crippen LogP contribution in [0.1, 0.15) is 6.92 Å². The van der Waals surface area contributed by atoms with E-state index in [0.29, 0.717) is 23.8 Å². The van der Waals surface area contributed by atoms with E-state index in [1.807, 2.05) is 6.92 Å². The molecule has 8 nitrogen and oxygen atoms in total. The van der Waals surface area contributed by atoms with Crippen molar-refractivity contribution in [1.82, 2.24) is 0 Å². The van der Waals surface area contributed by atoms with Crippen molar-refractivity contribution in [3.63, 3.8) is 0 Å². The van der Waals surface area contributed by atoms with E-state index in [0.717, 1.165) is 4.31 Å². The average Bonchev–Trinajstić information content (AvgIpc) is 2.84. The van der Waals surface area contributed by atoms with E-state index in [1.54, 1.807) is 60.7 Å². The summed E-state index contributed by atoms with van der Waals surface area (Å²) in [6, 6.07) is 19.5. The van der Waals surface area contributed by atoms with Crippen LogP contribution in [-0.4, -0.2) is 41.7 Å². The van der Waals surface area contributed by atoms with Gasteiger partial charge in [-0.25, -0.2) is 8.42 Å². The lowest BCUT2D eigenvalue weighted by atomic mass is 10.2. The van der Waals surface area contributed by atoms with Crippen molar-refractivity contribution in [3.8, 4) is 17.2 Å². The maximum Gasteiger partial charge on any atom is 0.264 e. The third kappa shape index (κ3) is 5.75. The van der Waals surface area contributed by atoms with Gasteiger partial charge in [-0.2, -0.15) is 0 Å². The molecular weight excluding hydrogens is 444 g/mol. The number of benzene rings is 3. The second-order valence-electron chi connectivity index (χ2n) is 6.87. The summed E-state index contributed by atoms with van der Waals surface area (Å²) in [7, 11) is -1.16. The number of nitrogens with zero attached hydrogens (tertiary/aromatic N) is 1. The summed E-state index contributed by atoms with van der Waals surface area (Å²) >= 11 is 0. The molecule has 0 atom stereocenters. The van der Waals surface area contributed by atoms with E-state index in [9.17, 15) is 13.2 Å². The standard InChI is InChI=1S/C24H26N2O6S/c1-4-32-19-12-10-18(11-13-19)25-24(27)17-26(33(28,29)21-8-6-5-7-9-21)22-15-14-20(30-2)16-23(22)31-3/h5-16H,4,17H2,1-3H3,(H,25,27). The first-order valence-corrected chi connectivity index (χ1v) is 11.7. The lowest BCUT2D eigenvalue weighted by Gasteiger charge is -2.26. The quantitative estimate of drug-likeness (QED) is 0.482. The molecule has 0 aliphatic heterocycles. The molecule has 3 rings (SSSR count). The highest BCUT2D eigenvalue weighted by Gasteiger charge is 2.29. The Bertz CT molecular complexity index is 1180. The van der Waals surface area contributed by atoms with Gasteiger partial charge in [0, 0.05) is 11.8 Å². The molecule has 9 heteroatoms. The Morgan fingerprint density at radius 1 is 0.909 bits per heavy atom. The molecule has 3 aromatic carbocycles. The third-order valence-electron chi connectivity index (χ3n) is 4.72. The largest absolute Gasteiger partial charge is 0.497 e. The fourth-order valence-electron chi connectivity index (χ4n) is 3.14. The van der Waals surface area contributed by atoms with Crippen molar-refractivity contribution in [1.29, 1.82) is 0 Å². The molecule has 0 fully saturated rings. The van der Waals surface area contributed by atoms with E-state index in [-0.39, 0.29) is 16.3 Å². The van der Waals surface area contributed by atoms with Gasteiger partial charge < -0.3 is 19.5 Å². The number of rotatable bonds is 10. The van der Waals surface area contributed by atoms with Gasteiger partial charge >= 0.3 is 0 Å². The van der Waals surface area contributed by atoms with Crippen LogP contribution in [0.25, 0.3) is 0 Å². The summed E-state index contributed by atoms with van der Waals surface area (Å²) in [5.41, 5.74) is 0.728. The summed E-state index contributed by atoms with van der Waals surface area (Å²) in [5, 5.41) is 2.73. The zero-order valence-corrected chi connectivity index (χ0v) is 19.5. The fourth-order valence-corrected chi connectivity index (χ4v) is 4.59. The summed E-state index contributed by atoms with van der Waals surface area (Å²) in [4.78, 5) is 12.9.